The van der Waals surface area contributed by atoms with Crippen LogP contribution in [0.5, 0.6) is 0 Å². The van der Waals surface area contributed by atoms with Gasteiger partial charge in [-0.15, -0.1) is 12.4 Å². The normalized spacial score (nSPS) is 17.3. The zero-order valence-corrected chi connectivity index (χ0v) is 8.68. The lowest BCUT2D eigenvalue weighted by Crippen LogP contribution is -2.08. The van der Waals surface area contributed by atoms with Crippen LogP contribution in [-0.4, -0.2) is 9.78 Å². The Labute approximate surface area is 84.7 Å². The predicted octanol–water partition coefficient (Wildman–Crippen LogP) is 2.31. The number of anilines is 1. The monoisotopic (exact) mass is 201 g/mol. The molecule has 0 aromatic carbocycles. The van der Waals surface area contributed by atoms with Crippen molar-refractivity contribution in [1.82, 2.24) is 9.78 Å². The van der Waals surface area contributed by atoms with Crippen molar-refractivity contribution in [2.75, 3.05) is 5.73 Å². The zero-order valence-electron chi connectivity index (χ0n) is 7.86. The molecule has 2 rings (SSSR count). The molecule has 0 amide bonds. The van der Waals surface area contributed by atoms with Crippen molar-refractivity contribution in [2.24, 2.45) is 0 Å². The van der Waals surface area contributed by atoms with Crippen molar-refractivity contribution in [2.45, 2.75) is 38.6 Å². The van der Waals surface area contributed by atoms with Gasteiger partial charge in [-0.25, -0.2) is 0 Å². The zero-order chi connectivity index (χ0) is 8.55. The van der Waals surface area contributed by atoms with E-state index in [-0.39, 0.29) is 12.4 Å². The second kappa shape index (κ2) is 4.01. The number of nitrogens with two attached hydrogens (primary N) is 1. The number of hydrogen-bond acceptors (Lipinski definition) is 2. The van der Waals surface area contributed by atoms with Gasteiger partial charge in [0.05, 0.1) is 6.04 Å². The van der Waals surface area contributed by atoms with E-state index in [1.807, 2.05) is 6.07 Å². The van der Waals surface area contributed by atoms with Crippen LogP contribution in [0, 0.1) is 6.92 Å². The average molecular weight is 202 g/mol. The largest absolute Gasteiger partial charge is 0.382 e. The van der Waals surface area contributed by atoms with Crippen LogP contribution in [-0.2, 0) is 0 Å². The van der Waals surface area contributed by atoms with Gasteiger partial charge in [0.1, 0.15) is 5.82 Å². The number of aromatic nitrogens is 2. The highest BCUT2D eigenvalue weighted by molar-refractivity contribution is 5.85. The van der Waals surface area contributed by atoms with Gasteiger partial charge in [-0.1, -0.05) is 12.8 Å². The third kappa shape index (κ3) is 1.97. The summed E-state index contributed by atoms with van der Waals surface area (Å²) in [5.41, 5.74) is 6.81. The van der Waals surface area contributed by atoms with E-state index in [4.69, 9.17) is 5.73 Å². The Bertz CT molecular complexity index is 276. The van der Waals surface area contributed by atoms with Gasteiger partial charge < -0.3 is 5.73 Å². The van der Waals surface area contributed by atoms with E-state index >= 15 is 0 Å². The molecule has 1 aliphatic rings. The van der Waals surface area contributed by atoms with Gasteiger partial charge in [0.15, 0.2) is 0 Å². The fourth-order valence-corrected chi connectivity index (χ4v) is 2.03. The van der Waals surface area contributed by atoms with E-state index in [0.717, 1.165) is 0 Å². The third-order valence-electron chi connectivity index (χ3n) is 2.61. The lowest BCUT2D eigenvalue weighted by Gasteiger charge is -2.11. The summed E-state index contributed by atoms with van der Waals surface area (Å²) in [7, 11) is 0. The van der Waals surface area contributed by atoms with Gasteiger partial charge in [-0.2, -0.15) is 5.10 Å². The highest BCUT2D eigenvalue weighted by Gasteiger charge is 2.18. The van der Waals surface area contributed by atoms with Crippen LogP contribution in [0.3, 0.4) is 0 Å². The molecule has 1 aromatic heterocycles. The van der Waals surface area contributed by atoms with Gasteiger partial charge in [0, 0.05) is 11.8 Å². The van der Waals surface area contributed by atoms with Crippen LogP contribution in [0.25, 0.3) is 0 Å². The average Bonchev–Trinajstić information content (AvgIpc) is 2.58. The fourth-order valence-electron chi connectivity index (χ4n) is 2.03. The summed E-state index contributed by atoms with van der Waals surface area (Å²) in [6, 6.07) is 2.56. The topological polar surface area (TPSA) is 43.8 Å². The quantitative estimate of drug-likeness (QED) is 0.758. The molecule has 1 fully saturated rings. The van der Waals surface area contributed by atoms with Crippen LogP contribution in [0.15, 0.2) is 6.07 Å². The summed E-state index contributed by atoms with van der Waals surface area (Å²) >= 11 is 0. The van der Waals surface area contributed by atoms with Gasteiger partial charge >= 0.3 is 0 Å². The maximum absolute atomic E-state index is 5.62. The highest BCUT2D eigenvalue weighted by Crippen LogP contribution is 2.30. The first-order chi connectivity index (χ1) is 5.77. The van der Waals surface area contributed by atoms with Crippen LogP contribution < -0.4 is 5.73 Å². The number of rotatable bonds is 1. The number of nitrogen functional groups attached to an aromatic ring is 1. The van der Waals surface area contributed by atoms with Crippen molar-refractivity contribution in [1.29, 1.82) is 0 Å². The molecule has 2 N–H and O–H groups in total. The van der Waals surface area contributed by atoms with Gasteiger partial charge in [0.2, 0.25) is 0 Å². The smallest absolute Gasteiger partial charge is 0.145 e. The van der Waals surface area contributed by atoms with Gasteiger partial charge in [0.25, 0.3) is 0 Å². The fraction of sp³-hybridized carbons (Fsp3) is 0.667. The Hall–Kier alpha value is -0.700. The molecule has 0 bridgehead atoms. The molecule has 1 aromatic rings. The Morgan fingerprint density at radius 1 is 1.46 bits per heavy atom. The van der Waals surface area contributed by atoms with Crippen molar-refractivity contribution in [3.63, 3.8) is 0 Å². The first-order valence-corrected chi connectivity index (χ1v) is 4.59. The summed E-state index contributed by atoms with van der Waals surface area (Å²) in [4.78, 5) is 0. The molecule has 0 atom stereocenters. The van der Waals surface area contributed by atoms with Gasteiger partial charge in [-0.3, -0.25) is 4.68 Å². The molecule has 0 saturated heterocycles. The molecule has 1 heterocycles. The lowest BCUT2D eigenvalue weighted by molar-refractivity contribution is 0.458. The number of aryl methyl sites for hydroxylation is 1. The molecular weight excluding hydrogens is 186 g/mol. The Balaban J connectivity index is 0.000000845. The summed E-state index contributed by atoms with van der Waals surface area (Å²) in [6.45, 7) is 2.07. The molecule has 74 valence electrons. The summed E-state index contributed by atoms with van der Waals surface area (Å²) in [6.07, 6.45) is 5.21. The van der Waals surface area contributed by atoms with Gasteiger partial charge in [-0.05, 0) is 19.8 Å². The third-order valence-corrected chi connectivity index (χ3v) is 2.61. The Kier molecular flexibility index (Phi) is 3.20. The van der Waals surface area contributed by atoms with Crippen molar-refractivity contribution in [3.05, 3.63) is 11.8 Å². The molecule has 13 heavy (non-hydrogen) atoms. The summed E-state index contributed by atoms with van der Waals surface area (Å²) in [5.74, 6) is 0.652. The van der Waals surface area contributed by atoms with E-state index in [0.29, 0.717) is 11.9 Å². The Morgan fingerprint density at radius 3 is 2.54 bits per heavy atom. The Morgan fingerprint density at radius 2 is 2.08 bits per heavy atom. The minimum absolute atomic E-state index is 0. The lowest BCUT2D eigenvalue weighted by atomic mass is 10.2. The maximum Gasteiger partial charge on any atom is 0.145 e. The van der Waals surface area contributed by atoms with E-state index in [1.54, 1.807) is 0 Å². The van der Waals surface area contributed by atoms with Crippen LogP contribution in [0.2, 0.25) is 0 Å². The first-order valence-electron chi connectivity index (χ1n) is 4.59. The summed E-state index contributed by atoms with van der Waals surface area (Å²) < 4.78 is 2.09. The minimum Gasteiger partial charge on any atom is -0.382 e. The molecule has 1 aliphatic carbocycles. The molecule has 0 unspecified atom stereocenters. The standard InChI is InChI=1S/C9H15N3.ClH/c1-7-6-9(10)11-12(7)8-4-2-3-5-8;/h6,8H,2-5H2,1H3,(H2,10,11);1H. The molecule has 4 heteroatoms. The number of hydrogen-bond donors (Lipinski definition) is 1. The number of nitrogens with zero attached hydrogens (tertiary/aromatic N) is 2. The SMILES string of the molecule is Cc1cc(N)nn1C1CCCC1.Cl. The molecule has 3 nitrogen and oxygen atoms in total. The maximum atomic E-state index is 5.62. The predicted molar refractivity (Wildman–Crippen MR) is 56.1 cm³/mol. The van der Waals surface area contributed by atoms with E-state index < -0.39 is 0 Å². The van der Waals surface area contributed by atoms with Crippen molar-refractivity contribution >= 4 is 18.2 Å². The number of halogens is 1. The molecule has 0 radical (unpaired) electrons. The van der Waals surface area contributed by atoms with E-state index in [9.17, 15) is 0 Å². The molecular formula is C9H16ClN3. The van der Waals surface area contributed by atoms with Crippen molar-refractivity contribution < 1.29 is 0 Å². The van der Waals surface area contributed by atoms with E-state index in [1.165, 1.54) is 31.4 Å². The summed E-state index contributed by atoms with van der Waals surface area (Å²) in [5, 5.41) is 4.29. The van der Waals surface area contributed by atoms with Crippen LogP contribution in [0.1, 0.15) is 37.4 Å². The first kappa shape index (κ1) is 10.4. The van der Waals surface area contributed by atoms with Crippen LogP contribution in [0.4, 0.5) is 5.82 Å². The molecule has 0 spiro atoms. The van der Waals surface area contributed by atoms with Crippen molar-refractivity contribution in [3.8, 4) is 0 Å². The second-order valence-corrected chi connectivity index (χ2v) is 3.59. The highest BCUT2D eigenvalue weighted by atomic mass is 35.5. The van der Waals surface area contributed by atoms with E-state index in [2.05, 4.69) is 16.7 Å². The molecule has 0 aliphatic heterocycles. The second-order valence-electron chi connectivity index (χ2n) is 3.59. The van der Waals surface area contributed by atoms with Crippen LogP contribution >= 0.6 is 12.4 Å². The molecule has 1 saturated carbocycles. The minimum atomic E-state index is 0.